The third-order valence-corrected chi connectivity index (χ3v) is 7.24. The van der Waals surface area contributed by atoms with Crippen molar-refractivity contribution in [1.29, 1.82) is 0 Å². The molecule has 0 radical (unpaired) electrons. The van der Waals surface area contributed by atoms with Gasteiger partial charge >= 0.3 is 0 Å². The molecule has 0 aliphatic heterocycles. The highest BCUT2D eigenvalue weighted by atomic mass is 32.2. The van der Waals surface area contributed by atoms with Gasteiger partial charge in [0.25, 0.3) is 0 Å². The van der Waals surface area contributed by atoms with E-state index in [-0.39, 0.29) is 23.1 Å². The fourth-order valence-electron chi connectivity index (χ4n) is 3.30. The molecule has 0 bridgehead atoms. The minimum absolute atomic E-state index is 0.107. The van der Waals surface area contributed by atoms with Gasteiger partial charge in [0.1, 0.15) is 0 Å². The number of rotatable bonds is 6. The Morgan fingerprint density at radius 3 is 2.29 bits per heavy atom. The maximum absolute atomic E-state index is 12.7. The molecule has 0 spiro atoms. The average Bonchev–Trinajstić information content (AvgIpc) is 2.48. The van der Waals surface area contributed by atoms with Crippen molar-refractivity contribution in [3.05, 3.63) is 29.8 Å². The summed E-state index contributed by atoms with van der Waals surface area (Å²) < 4.78 is 50.9. The summed E-state index contributed by atoms with van der Waals surface area (Å²) in [6.07, 6.45) is 4.87. The fraction of sp³-hybridized carbons (Fsp3) is 0.625. The van der Waals surface area contributed by atoms with Crippen LogP contribution < -0.4 is 10.5 Å². The lowest BCUT2D eigenvalue weighted by Gasteiger charge is -2.42. The molecule has 6 nitrogen and oxygen atoms in total. The quantitative estimate of drug-likeness (QED) is 0.783. The molecular formula is C16H26N2O4S2. The summed E-state index contributed by atoms with van der Waals surface area (Å²) in [6, 6.07) is 5.96. The van der Waals surface area contributed by atoms with Gasteiger partial charge in [0.15, 0.2) is 9.84 Å². The first-order chi connectivity index (χ1) is 11.1. The number of hydrogen-bond donors (Lipinski definition) is 2. The van der Waals surface area contributed by atoms with Gasteiger partial charge in [-0.1, -0.05) is 31.9 Å². The standard InChI is InChI=1S/C16H26N2O4S2/c1-13-5-3-4-10-16(13,12-17)18-24(21,22)15-8-6-14(7-9-15)11-23(2,19)20/h6-9,13,18H,3-5,10-12,17H2,1-2H3. The van der Waals surface area contributed by atoms with Crippen molar-refractivity contribution in [1.82, 2.24) is 4.72 Å². The fourth-order valence-corrected chi connectivity index (χ4v) is 5.64. The van der Waals surface area contributed by atoms with Crippen molar-refractivity contribution in [2.24, 2.45) is 11.7 Å². The van der Waals surface area contributed by atoms with Gasteiger partial charge in [-0.25, -0.2) is 21.6 Å². The van der Waals surface area contributed by atoms with Gasteiger partial charge in [-0.05, 0) is 36.5 Å². The summed E-state index contributed by atoms with van der Waals surface area (Å²) in [5.41, 5.74) is 5.87. The van der Waals surface area contributed by atoms with Crippen molar-refractivity contribution in [3.8, 4) is 0 Å². The molecule has 1 aromatic carbocycles. The summed E-state index contributed by atoms with van der Waals surface area (Å²) in [7, 11) is -6.85. The van der Waals surface area contributed by atoms with Gasteiger partial charge in [0.05, 0.1) is 10.6 Å². The minimum Gasteiger partial charge on any atom is -0.329 e. The maximum atomic E-state index is 12.7. The van der Waals surface area contributed by atoms with Crippen LogP contribution >= 0.6 is 0 Å². The van der Waals surface area contributed by atoms with E-state index in [4.69, 9.17) is 5.73 Å². The van der Waals surface area contributed by atoms with Crippen molar-refractivity contribution < 1.29 is 16.8 Å². The molecular weight excluding hydrogens is 348 g/mol. The van der Waals surface area contributed by atoms with Gasteiger partial charge in [-0.2, -0.15) is 0 Å². The molecule has 1 aliphatic carbocycles. The molecule has 24 heavy (non-hydrogen) atoms. The SMILES string of the molecule is CC1CCCCC1(CN)NS(=O)(=O)c1ccc(CS(C)(=O)=O)cc1. The van der Waals surface area contributed by atoms with Gasteiger partial charge in [-0.15, -0.1) is 0 Å². The van der Waals surface area contributed by atoms with Crippen molar-refractivity contribution in [2.45, 2.75) is 48.8 Å². The number of benzene rings is 1. The molecule has 0 amide bonds. The maximum Gasteiger partial charge on any atom is 0.241 e. The van der Waals surface area contributed by atoms with E-state index in [1.165, 1.54) is 24.3 Å². The van der Waals surface area contributed by atoms with Crippen LogP contribution in [-0.2, 0) is 25.6 Å². The highest BCUT2D eigenvalue weighted by molar-refractivity contribution is 7.90. The predicted molar refractivity (Wildman–Crippen MR) is 94.7 cm³/mol. The second kappa shape index (κ2) is 7.11. The van der Waals surface area contributed by atoms with Crippen molar-refractivity contribution in [2.75, 3.05) is 12.8 Å². The zero-order valence-electron chi connectivity index (χ0n) is 14.2. The van der Waals surface area contributed by atoms with Crippen LogP contribution in [0.3, 0.4) is 0 Å². The van der Waals surface area contributed by atoms with E-state index in [9.17, 15) is 16.8 Å². The van der Waals surface area contributed by atoms with E-state index in [1.54, 1.807) is 0 Å². The van der Waals surface area contributed by atoms with Crippen molar-refractivity contribution in [3.63, 3.8) is 0 Å². The Labute approximate surface area is 144 Å². The second-order valence-corrected chi connectivity index (χ2v) is 10.6. The largest absolute Gasteiger partial charge is 0.329 e. The molecule has 1 saturated carbocycles. The van der Waals surface area contributed by atoms with E-state index in [0.29, 0.717) is 5.56 Å². The topological polar surface area (TPSA) is 106 Å². The molecule has 2 unspecified atom stereocenters. The Kier molecular flexibility index (Phi) is 5.74. The monoisotopic (exact) mass is 374 g/mol. The molecule has 0 heterocycles. The van der Waals surface area contributed by atoms with Crippen LogP contribution in [0.15, 0.2) is 29.2 Å². The van der Waals surface area contributed by atoms with E-state index < -0.39 is 25.4 Å². The zero-order chi connectivity index (χ0) is 18.0. The van der Waals surface area contributed by atoms with Gasteiger partial charge < -0.3 is 5.73 Å². The molecule has 1 aromatic rings. The number of sulfone groups is 1. The lowest BCUT2D eigenvalue weighted by molar-refractivity contribution is 0.191. The number of sulfonamides is 1. The van der Waals surface area contributed by atoms with E-state index in [2.05, 4.69) is 4.72 Å². The minimum atomic E-state index is -3.70. The lowest BCUT2D eigenvalue weighted by atomic mass is 9.74. The number of hydrogen-bond acceptors (Lipinski definition) is 5. The highest BCUT2D eigenvalue weighted by Gasteiger charge is 2.40. The third kappa shape index (κ3) is 4.56. The highest BCUT2D eigenvalue weighted by Crippen LogP contribution is 2.34. The first-order valence-corrected chi connectivity index (χ1v) is 11.6. The van der Waals surface area contributed by atoms with Crippen LogP contribution in [-0.4, -0.2) is 35.2 Å². The predicted octanol–water partition coefficient (Wildman–Crippen LogP) is 1.42. The number of nitrogens with two attached hydrogens (primary N) is 1. The molecule has 1 aliphatic rings. The van der Waals surface area contributed by atoms with Gasteiger partial charge in [0, 0.05) is 18.3 Å². The Balaban J connectivity index is 2.23. The van der Waals surface area contributed by atoms with Crippen LogP contribution in [0.25, 0.3) is 0 Å². The molecule has 8 heteroatoms. The van der Waals surface area contributed by atoms with Crippen LogP contribution in [0.2, 0.25) is 0 Å². The van der Waals surface area contributed by atoms with Crippen LogP contribution in [0.1, 0.15) is 38.2 Å². The Morgan fingerprint density at radius 1 is 1.17 bits per heavy atom. The third-order valence-electron chi connectivity index (χ3n) is 4.82. The Morgan fingerprint density at radius 2 is 1.79 bits per heavy atom. The number of nitrogens with one attached hydrogen (secondary N) is 1. The van der Waals surface area contributed by atoms with E-state index in [1.807, 2.05) is 6.92 Å². The molecule has 2 rings (SSSR count). The summed E-state index contributed by atoms with van der Waals surface area (Å²) in [4.78, 5) is 0.130. The molecule has 136 valence electrons. The Bertz CT molecular complexity index is 773. The summed E-state index contributed by atoms with van der Waals surface area (Å²) >= 11 is 0. The smallest absolute Gasteiger partial charge is 0.241 e. The molecule has 2 atom stereocenters. The summed E-state index contributed by atoms with van der Waals surface area (Å²) in [5, 5.41) is 0. The molecule has 3 N–H and O–H groups in total. The summed E-state index contributed by atoms with van der Waals surface area (Å²) in [5.74, 6) is 0.0698. The Hall–Kier alpha value is -0.960. The van der Waals surface area contributed by atoms with E-state index >= 15 is 0 Å². The first kappa shape index (κ1) is 19.4. The van der Waals surface area contributed by atoms with Crippen LogP contribution in [0.5, 0.6) is 0 Å². The van der Waals surface area contributed by atoms with Gasteiger partial charge in [-0.3, -0.25) is 0 Å². The zero-order valence-corrected chi connectivity index (χ0v) is 15.8. The average molecular weight is 375 g/mol. The van der Waals surface area contributed by atoms with Crippen molar-refractivity contribution >= 4 is 19.9 Å². The normalized spacial score (nSPS) is 25.5. The molecule has 0 aromatic heterocycles. The second-order valence-electron chi connectivity index (χ2n) is 6.83. The van der Waals surface area contributed by atoms with Gasteiger partial charge in [0.2, 0.25) is 10.0 Å². The molecule has 0 saturated heterocycles. The van der Waals surface area contributed by atoms with E-state index in [0.717, 1.165) is 31.9 Å². The lowest BCUT2D eigenvalue weighted by Crippen LogP contribution is -2.58. The molecule has 1 fully saturated rings. The van der Waals surface area contributed by atoms with Crippen LogP contribution in [0, 0.1) is 5.92 Å². The van der Waals surface area contributed by atoms with Crippen LogP contribution in [0.4, 0.5) is 0 Å². The summed E-state index contributed by atoms with van der Waals surface area (Å²) in [6.45, 7) is 2.29. The first-order valence-electron chi connectivity index (χ1n) is 8.09.